The molecule has 0 spiro atoms. The topological polar surface area (TPSA) is 69.7 Å². The molecule has 3 rings (SSSR count). The monoisotopic (exact) mass is 400 g/mol. The van der Waals surface area contributed by atoms with Crippen LogP contribution in [0.15, 0.2) is 48.5 Å². The summed E-state index contributed by atoms with van der Waals surface area (Å²) in [5, 5.41) is 0. The maximum absolute atomic E-state index is 12.6. The van der Waals surface area contributed by atoms with E-state index < -0.39 is 32.8 Å². The van der Waals surface area contributed by atoms with Crippen LogP contribution in [-0.2, 0) is 20.3 Å². The Morgan fingerprint density at radius 2 is 1.70 bits per heavy atom. The molecule has 144 valence electrons. The normalized spacial score (nSPS) is 15.9. The molecule has 0 aliphatic heterocycles. The fraction of sp³-hybridized carbons (Fsp3) is 0.278. The van der Waals surface area contributed by atoms with Gasteiger partial charge < -0.3 is 8.92 Å². The van der Waals surface area contributed by atoms with Crippen LogP contribution in [0.2, 0.25) is 0 Å². The smallest absolute Gasteiger partial charge is 0.465 e. The number of hydrogen-bond donors (Lipinski definition) is 0. The number of alkyl halides is 3. The predicted molar refractivity (Wildman–Crippen MR) is 89.8 cm³/mol. The van der Waals surface area contributed by atoms with Gasteiger partial charge in [-0.15, -0.1) is 0 Å². The van der Waals surface area contributed by atoms with E-state index in [0.717, 1.165) is 17.7 Å². The zero-order chi connectivity index (χ0) is 19.9. The van der Waals surface area contributed by atoms with Crippen molar-refractivity contribution in [3.63, 3.8) is 0 Å². The Morgan fingerprint density at radius 1 is 1.07 bits per heavy atom. The van der Waals surface area contributed by atoms with E-state index >= 15 is 0 Å². The highest BCUT2D eigenvalue weighted by molar-refractivity contribution is 7.88. The van der Waals surface area contributed by atoms with E-state index in [9.17, 15) is 26.4 Å². The summed E-state index contributed by atoms with van der Waals surface area (Å²) in [5.74, 6) is -1.19. The molecule has 0 unspecified atom stereocenters. The third-order valence-corrected chi connectivity index (χ3v) is 5.46. The van der Waals surface area contributed by atoms with Crippen LogP contribution >= 0.6 is 0 Å². The van der Waals surface area contributed by atoms with Crippen molar-refractivity contribution in [3.8, 4) is 5.75 Å². The highest BCUT2D eigenvalue weighted by Gasteiger charge is 2.50. The minimum atomic E-state index is -5.81. The first kappa shape index (κ1) is 19.2. The van der Waals surface area contributed by atoms with Crippen LogP contribution in [0.1, 0.15) is 34.3 Å². The zero-order valence-corrected chi connectivity index (χ0v) is 14.9. The van der Waals surface area contributed by atoms with Crippen LogP contribution in [-0.4, -0.2) is 27.0 Å². The minimum Gasteiger partial charge on any atom is -0.465 e. The highest BCUT2D eigenvalue weighted by atomic mass is 32.2. The van der Waals surface area contributed by atoms with E-state index in [4.69, 9.17) is 4.74 Å². The van der Waals surface area contributed by atoms with Crippen molar-refractivity contribution in [3.05, 3.63) is 65.2 Å². The molecule has 0 bridgehead atoms. The molecule has 0 amide bonds. The Hall–Kier alpha value is -2.55. The van der Waals surface area contributed by atoms with E-state index in [0.29, 0.717) is 18.4 Å². The van der Waals surface area contributed by atoms with Gasteiger partial charge in [0, 0.05) is 5.41 Å². The van der Waals surface area contributed by atoms with Crippen LogP contribution < -0.4 is 4.18 Å². The number of methoxy groups -OCH3 is 1. The van der Waals surface area contributed by atoms with Gasteiger partial charge in [-0.3, -0.25) is 0 Å². The van der Waals surface area contributed by atoms with Crippen molar-refractivity contribution in [1.29, 1.82) is 0 Å². The summed E-state index contributed by atoms with van der Waals surface area (Å²) in [4.78, 5) is 12.1. The molecule has 9 heteroatoms. The van der Waals surface area contributed by atoms with Crippen LogP contribution in [0.5, 0.6) is 5.75 Å². The molecule has 0 aromatic heterocycles. The van der Waals surface area contributed by atoms with E-state index in [1.54, 1.807) is 0 Å². The van der Waals surface area contributed by atoms with Gasteiger partial charge in [-0.25, -0.2) is 4.79 Å². The second-order valence-electron chi connectivity index (χ2n) is 6.13. The third-order valence-electron chi connectivity index (χ3n) is 4.48. The number of ether oxygens (including phenoxy) is 1. The molecule has 0 heterocycles. The summed E-state index contributed by atoms with van der Waals surface area (Å²) in [5.41, 5.74) is -4.77. The predicted octanol–water partition coefficient (Wildman–Crippen LogP) is 3.78. The van der Waals surface area contributed by atoms with Gasteiger partial charge in [-0.2, -0.15) is 21.6 Å². The van der Waals surface area contributed by atoms with Crippen LogP contribution in [0.25, 0.3) is 0 Å². The van der Waals surface area contributed by atoms with Gasteiger partial charge in [0.15, 0.2) is 0 Å². The van der Waals surface area contributed by atoms with Crippen LogP contribution in [0, 0.1) is 0 Å². The number of carbonyl (C=O) groups is 1. The second-order valence-corrected chi connectivity index (χ2v) is 7.67. The van der Waals surface area contributed by atoms with Crippen molar-refractivity contribution in [1.82, 2.24) is 0 Å². The lowest BCUT2D eigenvalue weighted by Gasteiger charge is -2.20. The number of benzene rings is 2. The fourth-order valence-corrected chi connectivity index (χ4v) is 3.48. The maximum Gasteiger partial charge on any atom is 0.534 e. The van der Waals surface area contributed by atoms with Crippen molar-refractivity contribution < 1.29 is 35.3 Å². The fourth-order valence-electron chi connectivity index (χ4n) is 3.03. The lowest BCUT2D eigenvalue weighted by molar-refractivity contribution is -0.0500. The van der Waals surface area contributed by atoms with Gasteiger partial charge in [0.05, 0.1) is 12.7 Å². The average Bonchev–Trinajstić information content (AvgIpc) is 3.42. The highest BCUT2D eigenvalue weighted by Crippen LogP contribution is 2.55. The van der Waals surface area contributed by atoms with Gasteiger partial charge in [-0.1, -0.05) is 30.3 Å². The number of halogens is 3. The van der Waals surface area contributed by atoms with E-state index in [1.807, 2.05) is 30.3 Å². The Labute approximate surface area is 153 Å². The molecule has 0 atom stereocenters. The SMILES string of the molecule is COC(=O)c1ccc(OS(=O)(=O)C(F)(F)F)cc1C1(c2ccccc2)CC1. The summed E-state index contributed by atoms with van der Waals surface area (Å²) in [6.45, 7) is 0. The minimum absolute atomic E-state index is 0.149. The first-order valence-corrected chi connectivity index (χ1v) is 9.31. The van der Waals surface area contributed by atoms with Crippen molar-refractivity contribution in [2.45, 2.75) is 23.8 Å². The first-order valence-electron chi connectivity index (χ1n) is 7.90. The van der Waals surface area contributed by atoms with Crippen molar-refractivity contribution in [2.24, 2.45) is 0 Å². The lowest BCUT2D eigenvalue weighted by atomic mass is 9.85. The lowest BCUT2D eigenvalue weighted by Crippen LogP contribution is -2.28. The molecule has 0 saturated heterocycles. The quantitative estimate of drug-likeness (QED) is 0.434. The molecular formula is C18H15F3O5S. The molecule has 2 aromatic carbocycles. The molecule has 1 fully saturated rings. The maximum atomic E-state index is 12.6. The van der Waals surface area contributed by atoms with E-state index in [-0.39, 0.29) is 5.56 Å². The van der Waals surface area contributed by atoms with Gasteiger partial charge in [0.25, 0.3) is 0 Å². The largest absolute Gasteiger partial charge is 0.534 e. The summed E-state index contributed by atoms with van der Waals surface area (Å²) >= 11 is 0. The molecule has 1 saturated carbocycles. The molecule has 1 aliphatic carbocycles. The van der Waals surface area contributed by atoms with Crippen LogP contribution in [0.3, 0.4) is 0 Å². The first-order chi connectivity index (χ1) is 12.6. The summed E-state index contributed by atoms with van der Waals surface area (Å²) in [7, 11) is -4.62. The summed E-state index contributed by atoms with van der Waals surface area (Å²) in [6, 6.07) is 12.5. The molecule has 2 aromatic rings. The van der Waals surface area contributed by atoms with Crippen molar-refractivity contribution in [2.75, 3.05) is 7.11 Å². The second kappa shape index (κ2) is 6.56. The molecular weight excluding hydrogens is 385 g/mol. The standard InChI is InChI=1S/C18H15F3O5S/c1-25-16(22)14-8-7-13(26-27(23,24)18(19,20)21)11-15(14)17(9-10-17)12-5-3-2-4-6-12/h2-8,11H,9-10H2,1H3. The number of esters is 1. The Bertz CT molecular complexity index is 964. The average molecular weight is 400 g/mol. The van der Waals surface area contributed by atoms with E-state index in [1.165, 1.54) is 13.2 Å². The Kier molecular flexibility index (Phi) is 4.67. The molecule has 1 aliphatic rings. The van der Waals surface area contributed by atoms with Gasteiger partial charge in [0.1, 0.15) is 5.75 Å². The zero-order valence-electron chi connectivity index (χ0n) is 14.1. The Balaban J connectivity index is 2.10. The van der Waals surface area contributed by atoms with Crippen LogP contribution in [0.4, 0.5) is 13.2 Å². The number of rotatable bonds is 5. The summed E-state index contributed by atoms with van der Waals surface area (Å²) in [6.07, 6.45) is 1.30. The number of carbonyl (C=O) groups excluding carboxylic acids is 1. The summed E-state index contributed by atoms with van der Waals surface area (Å²) < 4.78 is 69.4. The molecule has 5 nitrogen and oxygen atoms in total. The van der Waals surface area contributed by atoms with E-state index in [2.05, 4.69) is 4.18 Å². The molecule has 0 N–H and O–H groups in total. The Morgan fingerprint density at radius 3 is 2.22 bits per heavy atom. The third kappa shape index (κ3) is 3.51. The number of hydrogen-bond acceptors (Lipinski definition) is 5. The molecule has 27 heavy (non-hydrogen) atoms. The van der Waals surface area contributed by atoms with Gasteiger partial charge in [-0.05, 0) is 42.2 Å². The molecule has 0 radical (unpaired) electrons. The van der Waals surface area contributed by atoms with Gasteiger partial charge >= 0.3 is 21.6 Å². The van der Waals surface area contributed by atoms with Crippen molar-refractivity contribution >= 4 is 16.1 Å². The van der Waals surface area contributed by atoms with Gasteiger partial charge in [0.2, 0.25) is 0 Å².